The molecule has 0 heterocycles. The minimum atomic E-state index is -2.91. The Morgan fingerprint density at radius 3 is 2.00 bits per heavy atom. The van der Waals surface area contributed by atoms with Crippen LogP contribution in [0, 0.1) is 0 Å². The molecule has 0 aromatic heterocycles. The summed E-state index contributed by atoms with van der Waals surface area (Å²) in [6.45, 7) is 4.30. The normalized spacial score (nSPS) is 11.4. The van der Waals surface area contributed by atoms with Gasteiger partial charge in [0.15, 0.2) is 0 Å². The van der Waals surface area contributed by atoms with Crippen LogP contribution >= 0.6 is 16.5 Å². The van der Waals surface area contributed by atoms with E-state index in [0.29, 0.717) is 13.2 Å². The maximum absolute atomic E-state index is 11.2. The Hall–Kier alpha value is 0.320. The van der Waals surface area contributed by atoms with Crippen LogP contribution in [0.5, 0.6) is 0 Å². The fourth-order valence-electron chi connectivity index (χ4n) is 0.472. The van der Waals surface area contributed by atoms with Gasteiger partial charge in [-0.25, -0.2) is 0 Å². The van der Waals surface area contributed by atoms with Crippen molar-refractivity contribution < 1.29 is 13.6 Å². The Labute approximate surface area is 63.5 Å². The lowest BCUT2D eigenvalue weighted by atomic mass is 10.9. The average molecular weight is 182 g/mol. The summed E-state index contributed by atoms with van der Waals surface area (Å²) >= 11 is 0. The quantitative estimate of drug-likeness (QED) is 0.611. The van der Waals surface area contributed by atoms with Crippen molar-refractivity contribution >= 4 is 22.0 Å². The second-order valence-corrected chi connectivity index (χ2v) is 4.13. The van der Waals surface area contributed by atoms with Gasteiger partial charge in [-0.05, 0) is 13.8 Å². The second kappa shape index (κ2) is 5.03. The highest BCUT2D eigenvalue weighted by molar-refractivity contribution is 7.76. The van der Waals surface area contributed by atoms with Gasteiger partial charge in [0, 0.05) is 5.54 Å². The lowest BCUT2D eigenvalue weighted by Gasteiger charge is -2.10. The highest BCUT2D eigenvalue weighted by atomic mass is 31.2. The summed E-state index contributed by atoms with van der Waals surface area (Å²) in [7, 11) is 0.0710. The van der Waals surface area contributed by atoms with Gasteiger partial charge in [0.25, 0.3) is 0 Å². The first kappa shape index (κ1) is 10.3. The van der Waals surface area contributed by atoms with E-state index in [1.165, 1.54) is 5.54 Å². The highest BCUT2D eigenvalue weighted by Crippen LogP contribution is 2.45. The van der Waals surface area contributed by atoms with Crippen molar-refractivity contribution in [2.75, 3.05) is 13.2 Å². The smallest absolute Gasteiger partial charge is 0.306 e. The molecule has 0 aliphatic heterocycles. The lowest BCUT2D eigenvalue weighted by molar-refractivity contribution is 0.234. The average Bonchev–Trinajstić information content (AvgIpc) is 1.89. The van der Waals surface area contributed by atoms with E-state index in [4.69, 9.17) is 9.05 Å². The SMILES string of the molecule is CCOP(=O)(C=P)OCC. The predicted molar refractivity (Wildman–Crippen MR) is 45.2 cm³/mol. The monoisotopic (exact) mass is 182 g/mol. The van der Waals surface area contributed by atoms with Gasteiger partial charge in [-0.2, -0.15) is 0 Å². The van der Waals surface area contributed by atoms with Crippen LogP contribution in [0.2, 0.25) is 0 Å². The Balaban J connectivity index is 3.95. The Kier molecular flexibility index (Phi) is 5.20. The molecule has 0 bridgehead atoms. The van der Waals surface area contributed by atoms with E-state index >= 15 is 0 Å². The van der Waals surface area contributed by atoms with Crippen molar-refractivity contribution in [2.45, 2.75) is 13.8 Å². The van der Waals surface area contributed by atoms with Gasteiger partial charge < -0.3 is 9.05 Å². The third-order valence-corrected chi connectivity index (χ3v) is 3.28. The molecule has 0 aromatic rings. The minimum absolute atomic E-state index is 0.387. The van der Waals surface area contributed by atoms with Crippen LogP contribution in [0.1, 0.15) is 13.8 Å². The molecule has 0 saturated carbocycles. The summed E-state index contributed by atoms with van der Waals surface area (Å²) in [5.74, 6) is 0. The maximum Gasteiger partial charge on any atom is 0.358 e. The Morgan fingerprint density at radius 1 is 1.40 bits per heavy atom. The van der Waals surface area contributed by atoms with Crippen LogP contribution in [0.25, 0.3) is 0 Å². The van der Waals surface area contributed by atoms with Crippen LogP contribution in [0.15, 0.2) is 0 Å². The molecule has 0 fully saturated rings. The van der Waals surface area contributed by atoms with E-state index in [0.717, 1.165) is 0 Å². The Bertz CT molecular complexity index is 136. The largest absolute Gasteiger partial charge is 0.358 e. The van der Waals surface area contributed by atoms with Gasteiger partial charge in [0.05, 0.1) is 13.2 Å². The van der Waals surface area contributed by atoms with Crippen LogP contribution < -0.4 is 0 Å². The molecule has 0 spiro atoms. The van der Waals surface area contributed by atoms with E-state index in [-0.39, 0.29) is 0 Å². The third kappa shape index (κ3) is 3.48. The molecule has 0 atom stereocenters. The Morgan fingerprint density at radius 2 is 1.80 bits per heavy atom. The van der Waals surface area contributed by atoms with Crippen molar-refractivity contribution in [1.82, 2.24) is 0 Å². The summed E-state index contributed by atoms with van der Waals surface area (Å²) in [6, 6.07) is 0. The zero-order chi connectivity index (χ0) is 8.04. The van der Waals surface area contributed by atoms with Gasteiger partial charge in [-0.1, -0.05) is 0 Å². The van der Waals surface area contributed by atoms with Crippen LogP contribution in [0.3, 0.4) is 0 Å². The molecular formula is C5H12O3P2. The van der Waals surface area contributed by atoms with Gasteiger partial charge in [0.2, 0.25) is 0 Å². The zero-order valence-corrected chi connectivity index (χ0v) is 8.06. The molecule has 0 unspecified atom stereocenters. The van der Waals surface area contributed by atoms with E-state index in [2.05, 4.69) is 8.86 Å². The molecule has 0 aliphatic carbocycles. The molecule has 0 radical (unpaired) electrons. The molecule has 0 rings (SSSR count). The van der Waals surface area contributed by atoms with Crippen molar-refractivity contribution in [3.8, 4) is 0 Å². The predicted octanol–water partition coefficient (Wildman–Crippen LogP) is 2.16. The standard InChI is InChI=1S/C5H12O3P2/c1-3-7-10(6,5-9)8-4-2/h5,9H,3-4H2,1-2H3. The summed E-state index contributed by atoms with van der Waals surface area (Å²) in [4.78, 5) is 0. The van der Waals surface area contributed by atoms with E-state index in [9.17, 15) is 4.57 Å². The first-order valence-electron chi connectivity index (χ1n) is 3.09. The number of rotatable bonds is 5. The molecule has 5 heteroatoms. The second-order valence-electron chi connectivity index (χ2n) is 1.50. The van der Waals surface area contributed by atoms with Gasteiger partial charge >= 0.3 is 7.60 Å². The number of hydrogen-bond donors (Lipinski definition) is 0. The molecule has 0 amide bonds. The summed E-state index contributed by atoms with van der Waals surface area (Å²) < 4.78 is 20.9. The number of hydrogen-bond acceptors (Lipinski definition) is 3. The maximum atomic E-state index is 11.2. The lowest BCUT2D eigenvalue weighted by Crippen LogP contribution is -1.94. The van der Waals surface area contributed by atoms with Crippen molar-refractivity contribution in [1.29, 1.82) is 0 Å². The van der Waals surface area contributed by atoms with E-state index in [1.807, 2.05) is 0 Å². The van der Waals surface area contributed by atoms with Crippen molar-refractivity contribution in [2.24, 2.45) is 0 Å². The molecule has 10 heavy (non-hydrogen) atoms. The fourth-order valence-corrected chi connectivity index (χ4v) is 1.86. The van der Waals surface area contributed by atoms with Gasteiger partial charge in [-0.3, -0.25) is 4.57 Å². The summed E-state index contributed by atoms with van der Waals surface area (Å²) in [5.41, 5.74) is 1.28. The first-order chi connectivity index (χ1) is 4.68. The van der Waals surface area contributed by atoms with E-state index < -0.39 is 7.60 Å². The van der Waals surface area contributed by atoms with Crippen molar-refractivity contribution in [3.63, 3.8) is 0 Å². The van der Waals surface area contributed by atoms with Crippen LogP contribution in [-0.2, 0) is 13.6 Å². The van der Waals surface area contributed by atoms with Crippen LogP contribution in [0.4, 0.5) is 0 Å². The van der Waals surface area contributed by atoms with E-state index in [1.54, 1.807) is 13.8 Å². The summed E-state index contributed by atoms with van der Waals surface area (Å²) in [6.07, 6.45) is 0. The molecule has 0 aliphatic rings. The van der Waals surface area contributed by atoms with Crippen molar-refractivity contribution in [3.05, 3.63) is 0 Å². The van der Waals surface area contributed by atoms with Gasteiger partial charge in [0.1, 0.15) is 0 Å². The molecule has 0 N–H and O–H groups in total. The molecule has 60 valence electrons. The van der Waals surface area contributed by atoms with Crippen LogP contribution in [-0.4, -0.2) is 18.8 Å². The zero-order valence-electron chi connectivity index (χ0n) is 6.16. The molecule has 3 nitrogen and oxygen atoms in total. The molecule has 0 saturated heterocycles. The first-order valence-corrected chi connectivity index (χ1v) is 5.28. The molecule has 0 aromatic carbocycles. The van der Waals surface area contributed by atoms with Gasteiger partial charge in [-0.15, -0.1) is 8.86 Å². The summed E-state index contributed by atoms with van der Waals surface area (Å²) in [5, 5.41) is 0. The molecular weight excluding hydrogens is 170 g/mol. The topological polar surface area (TPSA) is 35.5 Å². The minimum Gasteiger partial charge on any atom is -0.306 e. The highest BCUT2D eigenvalue weighted by Gasteiger charge is 2.17. The third-order valence-electron chi connectivity index (χ3n) is 0.776. The fraction of sp³-hybridized carbons (Fsp3) is 0.800.